The number of amides is 8. The van der Waals surface area contributed by atoms with Gasteiger partial charge in [-0.1, -0.05) is 6.07 Å². The van der Waals surface area contributed by atoms with Gasteiger partial charge in [0.15, 0.2) is 0 Å². The summed E-state index contributed by atoms with van der Waals surface area (Å²) in [5.41, 5.74) is 6.95. The van der Waals surface area contributed by atoms with Crippen LogP contribution in [-0.2, 0) is 33.5 Å². The van der Waals surface area contributed by atoms with Crippen LogP contribution < -0.4 is 31.9 Å². The van der Waals surface area contributed by atoms with Crippen LogP contribution in [-0.4, -0.2) is 171 Å². The van der Waals surface area contributed by atoms with Crippen molar-refractivity contribution < 1.29 is 43.1 Å². The largest absolute Gasteiger partial charge is 0.384 e. The van der Waals surface area contributed by atoms with Crippen molar-refractivity contribution in [1.82, 2.24) is 40.5 Å². The van der Waals surface area contributed by atoms with Crippen LogP contribution in [0.4, 0.5) is 17.2 Å². The van der Waals surface area contributed by atoms with Crippen molar-refractivity contribution in [2.45, 2.75) is 18.9 Å². The van der Waals surface area contributed by atoms with Crippen LogP contribution in [0.25, 0.3) is 0 Å². The van der Waals surface area contributed by atoms with E-state index >= 15 is 0 Å². The monoisotopic (exact) mass is 777 g/mol. The second-order valence-electron chi connectivity index (χ2n) is 13.5. The Morgan fingerprint density at radius 1 is 0.893 bits per heavy atom. The van der Waals surface area contributed by atoms with Gasteiger partial charge < -0.3 is 41.1 Å². The van der Waals surface area contributed by atoms with E-state index in [9.17, 15) is 38.4 Å². The third-order valence-electron chi connectivity index (χ3n) is 9.52. The summed E-state index contributed by atoms with van der Waals surface area (Å²) in [7, 11) is 3.02. The lowest BCUT2D eigenvalue weighted by molar-refractivity contribution is -0.136. The maximum atomic E-state index is 13.3. The molecule has 20 heteroatoms. The number of anilines is 3. The number of piperazine rings is 1. The number of aromatic nitrogens is 1. The summed E-state index contributed by atoms with van der Waals surface area (Å²) >= 11 is 0. The van der Waals surface area contributed by atoms with Gasteiger partial charge in [0.05, 0.1) is 62.4 Å². The second-order valence-corrected chi connectivity index (χ2v) is 13.5. The van der Waals surface area contributed by atoms with Crippen LogP contribution in [0, 0.1) is 0 Å². The highest BCUT2D eigenvalue weighted by Gasteiger charge is 2.45. The van der Waals surface area contributed by atoms with E-state index < -0.39 is 41.5 Å². The minimum atomic E-state index is -1.12. The third-order valence-corrected chi connectivity index (χ3v) is 9.52. The van der Waals surface area contributed by atoms with Crippen LogP contribution in [0.3, 0.4) is 0 Å². The molecule has 2 saturated heterocycles. The third kappa shape index (κ3) is 10.5. The quantitative estimate of drug-likeness (QED) is 0.0821. The number of rotatable bonds is 17. The number of likely N-dealkylation sites (N-methyl/N-ethyl adjacent to an activating group) is 2. The molecule has 6 N–H and O–H groups in total. The van der Waals surface area contributed by atoms with Crippen LogP contribution in [0.1, 0.15) is 33.6 Å². The zero-order valence-electron chi connectivity index (χ0n) is 31.4. The molecule has 1 aromatic carbocycles. The number of carbonyl (C=O) groups is 8. The number of hydrogen-bond acceptors (Lipinski definition) is 14. The molecule has 1 atom stereocenters. The number of fused-ring (bicyclic) bond motifs is 1. The SMILES string of the molecule is CN(CC(=O)NCCOCCNC(=O)CN(C)C(=O)CN1CCN(c2ccc(N)nc2)CC1)C(=O)CNc1cccc2c1C(=O)N(C1CCC(=O)NC1=O)C2=O. The topological polar surface area (TPSA) is 249 Å². The Hall–Kier alpha value is -6.15. The summed E-state index contributed by atoms with van der Waals surface area (Å²) in [5.74, 6) is -3.51. The Morgan fingerprint density at radius 3 is 2.18 bits per heavy atom. The van der Waals surface area contributed by atoms with Gasteiger partial charge in [-0.25, -0.2) is 4.98 Å². The fraction of sp³-hybridized carbons (Fsp3) is 0.472. The van der Waals surface area contributed by atoms with Gasteiger partial charge >= 0.3 is 0 Å². The smallest absolute Gasteiger partial charge is 0.264 e. The summed E-state index contributed by atoms with van der Waals surface area (Å²) in [6.07, 6.45) is 1.74. The number of nitrogens with two attached hydrogens (primary N) is 1. The van der Waals surface area contributed by atoms with Crippen molar-refractivity contribution in [3.05, 3.63) is 47.7 Å². The molecule has 56 heavy (non-hydrogen) atoms. The minimum absolute atomic E-state index is 0.00781. The lowest BCUT2D eigenvalue weighted by Crippen LogP contribution is -2.54. The van der Waals surface area contributed by atoms with Gasteiger partial charge in [0.1, 0.15) is 11.9 Å². The normalized spacial score (nSPS) is 16.9. The zero-order valence-corrected chi connectivity index (χ0v) is 31.4. The number of piperidine rings is 1. The van der Waals surface area contributed by atoms with Gasteiger partial charge in [0.25, 0.3) is 11.8 Å². The van der Waals surface area contributed by atoms with E-state index in [0.717, 1.165) is 23.7 Å². The first-order valence-electron chi connectivity index (χ1n) is 18.2. The molecule has 20 nitrogen and oxygen atoms in total. The van der Waals surface area contributed by atoms with E-state index in [1.807, 2.05) is 11.0 Å². The van der Waals surface area contributed by atoms with Crippen LogP contribution in [0.2, 0.25) is 0 Å². The predicted octanol–water partition coefficient (Wildman–Crippen LogP) is -2.54. The van der Waals surface area contributed by atoms with Gasteiger partial charge in [-0.05, 0) is 30.7 Å². The van der Waals surface area contributed by atoms with E-state index in [2.05, 4.69) is 31.2 Å². The van der Waals surface area contributed by atoms with Crippen LogP contribution >= 0.6 is 0 Å². The molecule has 0 radical (unpaired) electrons. The molecule has 300 valence electrons. The number of nitrogens with zero attached hydrogens (tertiary/aromatic N) is 6. The number of pyridine rings is 1. The van der Waals surface area contributed by atoms with Crippen molar-refractivity contribution in [2.24, 2.45) is 0 Å². The van der Waals surface area contributed by atoms with Gasteiger partial charge in [-0.3, -0.25) is 53.5 Å². The van der Waals surface area contributed by atoms with E-state index in [1.54, 1.807) is 19.3 Å². The first-order valence-corrected chi connectivity index (χ1v) is 18.2. The lowest BCUT2D eigenvalue weighted by Gasteiger charge is -2.36. The lowest BCUT2D eigenvalue weighted by atomic mass is 10.0. The maximum absolute atomic E-state index is 13.3. The summed E-state index contributed by atoms with van der Waals surface area (Å²) in [5, 5.41) is 10.4. The number of hydrogen-bond donors (Lipinski definition) is 5. The number of nitrogens with one attached hydrogen (secondary N) is 4. The zero-order chi connectivity index (χ0) is 40.4. The first-order chi connectivity index (χ1) is 26.8. The Bertz CT molecular complexity index is 1830. The molecule has 5 rings (SSSR count). The second kappa shape index (κ2) is 18.9. The predicted molar refractivity (Wildman–Crippen MR) is 201 cm³/mol. The highest BCUT2D eigenvalue weighted by atomic mass is 16.5. The molecule has 0 saturated carbocycles. The molecular formula is C36H47N11O9. The molecule has 0 spiro atoms. The summed E-state index contributed by atoms with van der Waals surface area (Å²) < 4.78 is 5.47. The fourth-order valence-corrected chi connectivity index (χ4v) is 6.38. The fourth-order valence-electron chi connectivity index (χ4n) is 6.38. The number of ether oxygens (including phenoxy) is 1. The minimum Gasteiger partial charge on any atom is -0.384 e. The number of nitrogen functional groups attached to an aromatic ring is 1. The molecule has 0 aliphatic carbocycles. The van der Waals surface area contributed by atoms with Crippen molar-refractivity contribution in [1.29, 1.82) is 0 Å². The van der Waals surface area contributed by atoms with Crippen LogP contribution in [0.15, 0.2) is 36.5 Å². The molecule has 8 amide bonds. The highest BCUT2D eigenvalue weighted by Crippen LogP contribution is 2.32. The average Bonchev–Trinajstić information content (AvgIpc) is 3.42. The number of benzene rings is 1. The van der Waals surface area contributed by atoms with Gasteiger partial charge in [0, 0.05) is 65.5 Å². The average molecular weight is 778 g/mol. The summed E-state index contributed by atoms with van der Waals surface area (Å²) in [6.45, 7) is 3.15. The van der Waals surface area contributed by atoms with Crippen molar-refractivity contribution in [2.75, 3.05) is 109 Å². The molecule has 1 aromatic heterocycles. The molecule has 3 aliphatic rings. The molecule has 0 bridgehead atoms. The van der Waals surface area contributed by atoms with E-state index in [1.165, 1.54) is 35.0 Å². The Balaban J connectivity index is 0.915. The van der Waals surface area contributed by atoms with Gasteiger partial charge in [0.2, 0.25) is 35.4 Å². The molecule has 1 unspecified atom stereocenters. The highest BCUT2D eigenvalue weighted by molar-refractivity contribution is 6.25. The van der Waals surface area contributed by atoms with Crippen molar-refractivity contribution in [3.8, 4) is 0 Å². The Morgan fingerprint density at radius 2 is 1.55 bits per heavy atom. The maximum Gasteiger partial charge on any atom is 0.264 e. The van der Waals surface area contributed by atoms with E-state index in [4.69, 9.17) is 10.5 Å². The standard InChI is InChI=1S/C36H47N11O9/c1-43(31(51)19-40-25-5-3-4-24-33(25)36(55)47(35(24)54)26-7-9-28(48)42-34(26)53)20-29(49)38-10-16-56-17-11-39-30(50)21-44(2)32(52)22-45-12-14-46(15-13-45)23-6-8-27(37)41-18-23/h3-6,8,18,26,40H,7,9-17,19-22H2,1-2H3,(H2,37,41)(H,38,49)(H,39,50)(H,42,48,53). The molecule has 4 heterocycles. The summed E-state index contributed by atoms with van der Waals surface area (Å²) in [6, 6.07) is 7.07. The van der Waals surface area contributed by atoms with Crippen LogP contribution in [0.5, 0.6) is 0 Å². The molecular weight excluding hydrogens is 730 g/mol. The van der Waals surface area contributed by atoms with Crippen molar-refractivity contribution >= 4 is 64.5 Å². The number of carbonyl (C=O) groups excluding carboxylic acids is 8. The molecule has 2 fully saturated rings. The Kier molecular flexibility index (Phi) is 13.9. The van der Waals surface area contributed by atoms with E-state index in [-0.39, 0.29) is 94.0 Å². The number of imide groups is 2. The first kappa shape index (κ1) is 41.0. The van der Waals surface area contributed by atoms with Gasteiger partial charge in [-0.15, -0.1) is 0 Å². The molecule has 2 aromatic rings. The van der Waals surface area contributed by atoms with E-state index in [0.29, 0.717) is 18.9 Å². The molecule has 3 aliphatic heterocycles. The van der Waals surface area contributed by atoms with Crippen molar-refractivity contribution in [3.63, 3.8) is 0 Å². The van der Waals surface area contributed by atoms with Gasteiger partial charge in [-0.2, -0.15) is 0 Å². The Labute approximate surface area is 323 Å². The summed E-state index contributed by atoms with van der Waals surface area (Å²) in [4.78, 5) is 112.